The first-order valence-electron chi connectivity index (χ1n) is 10.4. The number of hydrogen-bond acceptors (Lipinski definition) is 7. The molecule has 0 aliphatic heterocycles. The van der Waals surface area contributed by atoms with Crippen LogP contribution in [0, 0.1) is 11.3 Å². The highest BCUT2D eigenvalue weighted by Gasteiger charge is 2.24. The van der Waals surface area contributed by atoms with E-state index in [1.165, 1.54) is 6.20 Å². The Labute approximate surface area is 195 Å². The summed E-state index contributed by atoms with van der Waals surface area (Å²) in [7, 11) is 0. The average molecular weight is 460 g/mol. The molecule has 0 aliphatic carbocycles. The van der Waals surface area contributed by atoms with Crippen molar-refractivity contribution in [3.63, 3.8) is 0 Å². The summed E-state index contributed by atoms with van der Waals surface area (Å²) in [5.74, 6) is 0.771. The third kappa shape index (κ3) is 4.49. The summed E-state index contributed by atoms with van der Waals surface area (Å²) in [5, 5.41) is 13.4. The number of rotatable bonds is 6. The van der Waals surface area contributed by atoms with Crippen LogP contribution in [-0.4, -0.2) is 25.6 Å². The predicted molar refractivity (Wildman–Crippen MR) is 129 cm³/mol. The largest absolute Gasteiger partial charge is 0.368 e. The van der Waals surface area contributed by atoms with Gasteiger partial charge in [-0.25, -0.2) is 9.97 Å². The molecule has 4 aromatic rings. The van der Waals surface area contributed by atoms with E-state index in [0.29, 0.717) is 34.1 Å². The molecule has 8 nitrogen and oxygen atoms in total. The Balaban J connectivity index is 1.80. The van der Waals surface area contributed by atoms with Gasteiger partial charge in [-0.2, -0.15) is 10.2 Å². The number of nitrogens with two attached hydrogens (primary N) is 1. The Morgan fingerprint density at radius 3 is 2.64 bits per heavy atom. The first kappa shape index (κ1) is 22.2. The normalized spacial score (nSPS) is 12.8. The summed E-state index contributed by atoms with van der Waals surface area (Å²) in [6.45, 7) is 4.25. The van der Waals surface area contributed by atoms with Gasteiger partial charge in [0.2, 0.25) is 5.95 Å². The van der Waals surface area contributed by atoms with Gasteiger partial charge in [-0.05, 0) is 24.6 Å². The molecule has 2 atom stereocenters. The average Bonchev–Trinajstić information content (AvgIpc) is 2.81. The Morgan fingerprint density at radius 1 is 1.15 bits per heavy atom. The number of nitrogen functional groups attached to an aromatic ring is 1. The third-order valence-corrected chi connectivity index (χ3v) is 5.91. The van der Waals surface area contributed by atoms with Crippen LogP contribution in [0.25, 0.3) is 10.9 Å². The van der Waals surface area contributed by atoms with E-state index in [4.69, 9.17) is 22.3 Å². The van der Waals surface area contributed by atoms with Crippen LogP contribution in [0.2, 0.25) is 5.02 Å². The Morgan fingerprint density at radius 2 is 1.91 bits per heavy atom. The van der Waals surface area contributed by atoms with Gasteiger partial charge in [0.25, 0.3) is 5.56 Å². The molecular weight excluding hydrogens is 438 g/mol. The van der Waals surface area contributed by atoms with Crippen LogP contribution in [0.3, 0.4) is 0 Å². The van der Waals surface area contributed by atoms with E-state index in [2.05, 4.69) is 21.4 Å². The highest BCUT2D eigenvalue weighted by molar-refractivity contribution is 6.35. The molecule has 2 aromatic heterocycles. The number of aromatic nitrogens is 4. The molecule has 9 heteroatoms. The molecule has 0 amide bonds. The topological polar surface area (TPSA) is 123 Å². The number of hydrogen-bond donors (Lipinski definition) is 2. The van der Waals surface area contributed by atoms with Gasteiger partial charge in [0, 0.05) is 12.0 Å². The van der Waals surface area contributed by atoms with Crippen LogP contribution in [0.1, 0.15) is 36.7 Å². The fourth-order valence-corrected chi connectivity index (χ4v) is 3.91. The minimum absolute atomic E-state index is 0.0656. The van der Waals surface area contributed by atoms with E-state index in [-0.39, 0.29) is 29.0 Å². The molecule has 0 saturated carbocycles. The monoisotopic (exact) mass is 459 g/mol. The second-order valence-corrected chi connectivity index (χ2v) is 8.21. The maximum Gasteiger partial charge on any atom is 0.263 e. The number of halogens is 1. The molecular formula is C24H22ClN7O. The molecule has 2 aromatic carbocycles. The molecule has 0 saturated heterocycles. The van der Waals surface area contributed by atoms with Gasteiger partial charge in [0.05, 0.1) is 28.7 Å². The zero-order valence-corrected chi connectivity index (χ0v) is 18.9. The van der Waals surface area contributed by atoms with Crippen molar-refractivity contribution in [1.29, 1.82) is 5.26 Å². The molecule has 33 heavy (non-hydrogen) atoms. The number of anilines is 2. The molecule has 0 aliphatic rings. The van der Waals surface area contributed by atoms with E-state index < -0.39 is 0 Å². The minimum atomic E-state index is -0.239. The lowest BCUT2D eigenvalue weighted by molar-refractivity contribution is 0.556. The van der Waals surface area contributed by atoms with E-state index in [1.54, 1.807) is 22.8 Å². The standard InChI is InChI=1S/C24H22ClN7O/c1-14(15(2)29-21-17(11-26)12-28-24(27)31-21)22-30-19-10-6-9-18(25)20(19)23(33)32(22)13-16-7-4-3-5-8-16/h3-10,12,14-15H,13H2,1-2H3,(H3,27,28,29,31). The Kier molecular flexibility index (Phi) is 6.24. The Hall–Kier alpha value is -3.96. The van der Waals surface area contributed by atoms with Gasteiger partial charge < -0.3 is 11.1 Å². The Bertz CT molecular complexity index is 1410. The van der Waals surface area contributed by atoms with Crippen molar-refractivity contribution in [2.45, 2.75) is 32.4 Å². The molecule has 2 heterocycles. The lowest BCUT2D eigenvalue weighted by atomic mass is 10.0. The van der Waals surface area contributed by atoms with Crippen LogP contribution in [-0.2, 0) is 6.54 Å². The van der Waals surface area contributed by atoms with E-state index in [1.807, 2.05) is 44.2 Å². The smallest absolute Gasteiger partial charge is 0.263 e. The molecule has 166 valence electrons. The van der Waals surface area contributed by atoms with Gasteiger partial charge >= 0.3 is 0 Å². The van der Waals surface area contributed by atoms with Gasteiger partial charge in [0.1, 0.15) is 23.3 Å². The molecule has 2 unspecified atom stereocenters. The highest BCUT2D eigenvalue weighted by atomic mass is 35.5. The van der Waals surface area contributed by atoms with Gasteiger partial charge in [-0.1, -0.05) is 54.9 Å². The van der Waals surface area contributed by atoms with Crippen molar-refractivity contribution in [1.82, 2.24) is 19.5 Å². The van der Waals surface area contributed by atoms with Gasteiger partial charge in [-0.15, -0.1) is 0 Å². The van der Waals surface area contributed by atoms with Crippen molar-refractivity contribution in [2.75, 3.05) is 11.1 Å². The number of fused-ring (bicyclic) bond motifs is 1. The minimum Gasteiger partial charge on any atom is -0.368 e. The molecule has 4 rings (SSSR count). The van der Waals surface area contributed by atoms with Gasteiger partial charge in [0.15, 0.2) is 0 Å². The second kappa shape index (κ2) is 9.27. The highest BCUT2D eigenvalue weighted by Crippen LogP contribution is 2.25. The van der Waals surface area contributed by atoms with E-state index in [0.717, 1.165) is 5.56 Å². The lowest BCUT2D eigenvalue weighted by Crippen LogP contribution is -2.32. The zero-order valence-electron chi connectivity index (χ0n) is 18.2. The summed E-state index contributed by atoms with van der Waals surface area (Å²) in [6, 6.07) is 16.8. The van der Waals surface area contributed by atoms with Crippen LogP contribution in [0.15, 0.2) is 59.5 Å². The molecule has 0 bridgehead atoms. The van der Waals surface area contributed by atoms with Crippen LogP contribution >= 0.6 is 11.6 Å². The van der Waals surface area contributed by atoms with Crippen molar-refractivity contribution in [2.24, 2.45) is 0 Å². The van der Waals surface area contributed by atoms with Crippen LogP contribution in [0.5, 0.6) is 0 Å². The van der Waals surface area contributed by atoms with Crippen molar-refractivity contribution in [3.05, 3.63) is 87.1 Å². The third-order valence-electron chi connectivity index (χ3n) is 5.60. The lowest BCUT2D eigenvalue weighted by Gasteiger charge is -2.25. The van der Waals surface area contributed by atoms with E-state index >= 15 is 0 Å². The first-order chi connectivity index (χ1) is 15.9. The van der Waals surface area contributed by atoms with E-state index in [9.17, 15) is 10.1 Å². The summed E-state index contributed by atoms with van der Waals surface area (Å²) in [4.78, 5) is 26.4. The zero-order chi connectivity index (χ0) is 23.5. The fraction of sp³-hybridized carbons (Fsp3) is 0.208. The number of nitrogens with zero attached hydrogens (tertiary/aromatic N) is 5. The maximum atomic E-state index is 13.5. The summed E-state index contributed by atoms with van der Waals surface area (Å²) >= 11 is 6.36. The number of benzene rings is 2. The first-order valence-corrected chi connectivity index (χ1v) is 10.8. The fourth-order valence-electron chi connectivity index (χ4n) is 3.66. The second-order valence-electron chi connectivity index (χ2n) is 7.80. The quantitative estimate of drug-likeness (QED) is 0.447. The van der Waals surface area contributed by atoms with Crippen molar-refractivity contribution < 1.29 is 0 Å². The van der Waals surface area contributed by atoms with Crippen LogP contribution < -0.4 is 16.6 Å². The van der Waals surface area contributed by atoms with Crippen molar-refractivity contribution >= 4 is 34.3 Å². The summed E-state index contributed by atoms with van der Waals surface area (Å²) in [6.07, 6.45) is 1.38. The molecule has 0 spiro atoms. The molecule has 3 N–H and O–H groups in total. The number of nitrogens with one attached hydrogen (secondary N) is 1. The van der Waals surface area contributed by atoms with Gasteiger partial charge in [-0.3, -0.25) is 9.36 Å². The predicted octanol–water partition coefficient (Wildman–Crippen LogP) is 3.95. The summed E-state index contributed by atoms with van der Waals surface area (Å²) in [5.41, 5.74) is 7.30. The molecule has 0 fully saturated rings. The van der Waals surface area contributed by atoms with Crippen LogP contribution in [0.4, 0.5) is 11.8 Å². The summed E-state index contributed by atoms with van der Waals surface area (Å²) < 4.78 is 1.66. The SMILES string of the molecule is CC(Nc1nc(N)ncc1C#N)C(C)c1nc2cccc(Cl)c2c(=O)n1Cc1ccccc1. The molecule has 0 radical (unpaired) electrons. The maximum absolute atomic E-state index is 13.5. The van der Waals surface area contributed by atoms with Crippen molar-refractivity contribution in [3.8, 4) is 6.07 Å². The number of nitriles is 1.